The summed E-state index contributed by atoms with van der Waals surface area (Å²) >= 11 is 0. The molecule has 29 heavy (non-hydrogen) atoms. The van der Waals surface area contributed by atoms with Gasteiger partial charge in [-0.1, -0.05) is 18.2 Å². The number of benzene rings is 1. The number of hydrogen-bond donors (Lipinski definition) is 2. The summed E-state index contributed by atoms with van der Waals surface area (Å²) in [4.78, 5) is 27.9. The van der Waals surface area contributed by atoms with E-state index in [-0.39, 0.29) is 5.56 Å². The SMILES string of the molecule is CC(C)(C)OC(=O)NC(=NCc1ccccc1C(F)(F)F)NC(=O)OC(C)(C)C. The molecule has 0 unspecified atom stereocenters. The van der Waals surface area contributed by atoms with Crippen LogP contribution >= 0.6 is 0 Å². The number of nitrogens with zero attached hydrogens (tertiary/aromatic N) is 1. The number of rotatable bonds is 2. The van der Waals surface area contributed by atoms with Gasteiger partial charge in [0.2, 0.25) is 5.96 Å². The molecule has 1 aromatic rings. The van der Waals surface area contributed by atoms with E-state index in [0.29, 0.717) is 0 Å². The average Bonchev–Trinajstić information content (AvgIpc) is 2.48. The largest absolute Gasteiger partial charge is 0.444 e. The summed E-state index contributed by atoms with van der Waals surface area (Å²) in [7, 11) is 0. The zero-order valence-electron chi connectivity index (χ0n) is 17.2. The van der Waals surface area contributed by atoms with Crippen molar-refractivity contribution in [2.45, 2.75) is 65.5 Å². The second kappa shape index (κ2) is 9.15. The molecule has 0 heterocycles. The third-order valence-electron chi connectivity index (χ3n) is 2.97. The van der Waals surface area contributed by atoms with Gasteiger partial charge in [-0.3, -0.25) is 10.6 Å². The summed E-state index contributed by atoms with van der Waals surface area (Å²) in [5, 5.41) is 4.43. The Hall–Kier alpha value is -2.78. The molecule has 0 saturated heterocycles. The van der Waals surface area contributed by atoms with Gasteiger partial charge in [0, 0.05) is 0 Å². The summed E-state index contributed by atoms with van der Waals surface area (Å²) in [6, 6.07) is 4.87. The first kappa shape index (κ1) is 24.3. The lowest BCUT2D eigenvalue weighted by molar-refractivity contribution is -0.138. The Kier molecular flexibility index (Phi) is 7.65. The molecular formula is C19H26F3N3O4. The van der Waals surface area contributed by atoms with Crippen molar-refractivity contribution in [2.75, 3.05) is 0 Å². The van der Waals surface area contributed by atoms with E-state index >= 15 is 0 Å². The Morgan fingerprint density at radius 2 is 1.34 bits per heavy atom. The predicted octanol–water partition coefficient (Wildman–Crippen LogP) is 4.61. The summed E-state index contributed by atoms with van der Waals surface area (Å²) in [5.41, 5.74) is -2.65. The van der Waals surface area contributed by atoms with E-state index < -0.39 is 47.6 Å². The summed E-state index contributed by atoms with van der Waals surface area (Å²) < 4.78 is 49.6. The Morgan fingerprint density at radius 3 is 1.76 bits per heavy atom. The number of guanidine groups is 1. The minimum absolute atomic E-state index is 0.130. The van der Waals surface area contributed by atoms with Gasteiger partial charge in [0.05, 0.1) is 12.1 Å². The number of aliphatic imine (C=N–C) groups is 1. The fourth-order valence-corrected chi connectivity index (χ4v) is 2.01. The highest BCUT2D eigenvalue weighted by Gasteiger charge is 2.32. The van der Waals surface area contributed by atoms with Gasteiger partial charge in [0.1, 0.15) is 11.2 Å². The first-order valence-electron chi connectivity index (χ1n) is 8.76. The zero-order chi connectivity index (χ0) is 22.5. The van der Waals surface area contributed by atoms with Gasteiger partial charge in [-0.2, -0.15) is 13.2 Å². The highest BCUT2D eigenvalue weighted by atomic mass is 19.4. The van der Waals surface area contributed by atoms with Crippen molar-refractivity contribution in [3.05, 3.63) is 35.4 Å². The van der Waals surface area contributed by atoms with Gasteiger partial charge in [0.25, 0.3) is 0 Å². The molecule has 162 valence electrons. The highest BCUT2D eigenvalue weighted by Crippen LogP contribution is 2.32. The molecule has 0 aliphatic rings. The Balaban J connectivity index is 3.07. The quantitative estimate of drug-likeness (QED) is 0.543. The first-order chi connectivity index (χ1) is 13.1. The topological polar surface area (TPSA) is 89.0 Å². The van der Waals surface area contributed by atoms with E-state index in [1.807, 2.05) is 0 Å². The number of carbonyl (C=O) groups excluding carboxylic acids is 2. The van der Waals surface area contributed by atoms with Crippen LogP contribution < -0.4 is 10.6 Å². The molecule has 0 atom stereocenters. The maximum absolute atomic E-state index is 13.1. The second-order valence-corrected chi connectivity index (χ2v) is 8.07. The molecule has 0 radical (unpaired) electrons. The van der Waals surface area contributed by atoms with Gasteiger partial charge < -0.3 is 9.47 Å². The fourth-order valence-electron chi connectivity index (χ4n) is 2.01. The Bertz CT molecular complexity index is 731. The molecule has 10 heteroatoms. The summed E-state index contributed by atoms with van der Waals surface area (Å²) in [5.74, 6) is -0.398. The minimum atomic E-state index is -4.57. The van der Waals surface area contributed by atoms with Crippen molar-refractivity contribution < 1.29 is 32.2 Å². The van der Waals surface area contributed by atoms with Crippen LogP contribution in [0.2, 0.25) is 0 Å². The maximum atomic E-state index is 13.1. The van der Waals surface area contributed by atoms with Crippen molar-refractivity contribution in [3.63, 3.8) is 0 Å². The summed E-state index contributed by atoms with van der Waals surface area (Å²) in [6.45, 7) is 9.33. The van der Waals surface area contributed by atoms with Crippen LogP contribution in [0.15, 0.2) is 29.3 Å². The third kappa shape index (κ3) is 9.82. The van der Waals surface area contributed by atoms with E-state index in [9.17, 15) is 22.8 Å². The third-order valence-corrected chi connectivity index (χ3v) is 2.97. The smallest absolute Gasteiger partial charge is 0.416 e. The molecular weight excluding hydrogens is 391 g/mol. The van der Waals surface area contributed by atoms with Gasteiger partial charge >= 0.3 is 18.4 Å². The number of amides is 2. The molecule has 0 spiro atoms. The molecule has 0 aliphatic carbocycles. The van der Waals surface area contributed by atoms with E-state index in [0.717, 1.165) is 6.07 Å². The lowest BCUT2D eigenvalue weighted by Gasteiger charge is -2.22. The highest BCUT2D eigenvalue weighted by molar-refractivity contribution is 6.01. The molecule has 0 aromatic heterocycles. The van der Waals surface area contributed by atoms with Gasteiger partial charge in [-0.05, 0) is 53.2 Å². The van der Waals surface area contributed by atoms with Crippen molar-refractivity contribution >= 4 is 18.1 Å². The number of nitrogens with one attached hydrogen (secondary N) is 2. The first-order valence-corrected chi connectivity index (χ1v) is 8.76. The van der Waals surface area contributed by atoms with Crippen molar-refractivity contribution in [2.24, 2.45) is 4.99 Å². The summed E-state index contributed by atoms with van der Waals surface area (Å²) in [6.07, 6.45) is -6.43. The molecule has 7 nitrogen and oxygen atoms in total. The monoisotopic (exact) mass is 417 g/mol. The molecule has 0 fully saturated rings. The minimum Gasteiger partial charge on any atom is -0.444 e. The normalized spacial score (nSPS) is 12.0. The second-order valence-electron chi connectivity index (χ2n) is 8.07. The van der Waals surface area contributed by atoms with Crippen LogP contribution in [0.25, 0.3) is 0 Å². The van der Waals surface area contributed by atoms with E-state index in [4.69, 9.17) is 9.47 Å². The predicted molar refractivity (Wildman–Crippen MR) is 101 cm³/mol. The average molecular weight is 417 g/mol. The number of alkyl halides is 3. The van der Waals surface area contributed by atoms with Crippen molar-refractivity contribution in [3.8, 4) is 0 Å². The molecule has 0 saturated carbocycles. The van der Waals surface area contributed by atoms with Crippen LogP contribution in [-0.2, 0) is 22.2 Å². The standard InChI is InChI=1S/C19H26F3N3O4/c1-17(2,3)28-15(26)24-14(25-16(27)29-18(4,5)6)23-11-12-9-7-8-10-13(12)19(20,21)22/h7-10H,11H2,1-6H3,(H2,23,24,25,26,27). The van der Waals surface area contributed by atoms with Gasteiger partial charge in [0.15, 0.2) is 0 Å². The molecule has 2 amide bonds. The lowest BCUT2D eigenvalue weighted by Crippen LogP contribution is -2.47. The molecule has 0 bridgehead atoms. The van der Waals surface area contributed by atoms with Gasteiger partial charge in [-0.25, -0.2) is 14.6 Å². The molecule has 1 rings (SSSR count). The molecule has 1 aromatic carbocycles. The lowest BCUT2D eigenvalue weighted by atomic mass is 10.1. The maximum Gasteiger partial charge on any atom is 0.416 e. The number of ether oxygens (including phenoxy) is 2. The number of halogens is 3. The van der Waals surface area contributed by atoms with Gasteiger partial charge in [-0.15, -0.1) is 0 Å². The van der Waals surface area contributed by atoms with Crippen LogP contribution in [0.1, 0.15) is 52.7 Å². The van der Waals surface area contributed by atoms with Crippen LogP contribution in [0.3, 0.4) is 0 Å². The number of alkyl carbamates (subject to hydrolysis) is 2. The van der Waals surface area contributed by atoms with E-state index in [2.05, 4.69) is 15.6 Å². The molecule has 2 N–H and O–H groups in total. The van der Waals surface area contributed by atoms with Crippen molar-refractivity contribution in [1.82, 2.24) is 10.6 Å². The zero-order valence-corrected chi connectivity index (χ0v) is 17.2. The number of carbonyl (C=O) groups is 2. The number of hydrogen-bond acceptors (Lipinski definition) is 5. The molecule has 0 aliphatic heterocycles. The Morgan fingerprint density at radius 1 is 0.897 bits per heavy atom. The van der Waals surface area contributed by atoms with Crippen LogP contribution in [0.4, 0.5) is 22.8 Å². The Labute approximate surface area is 167 Å². The van der Waals surface area contributed by atoms with Crippen LogP contribution in [-0.4, -0.2) is 29.3 Å². The van der Waals surface area contributed by atoms with Crippen LogP contribution in [0.5, 0.6) is 0 Å². The van der Waals surface area contributed by atoms with E-state index in [1.54, 1.807) is 41.5 Å². The van der Waals surface area contributed by atoms with Crippen molar-refractivity contribution in [1.29, 1.82) is 0 Å². The fraction of sp³-hybridized carbons (Fsp3) is 0.526. The van der Waals surface area contributed by atoms with Crippen LogP contribution in [0, 0.1) is 0 Å². The van der Waals surface area contributed by atoms with E-state index in [1.165, 1.54) is 18.2 Å².